The van der Waals surface area contributed by atoms with Crippen molar-refractivity contribution in [3.63, 3.8) is 0 Å². The van der Waals surface area contributed by atoms with Crippen molar-refractivity contribution in [2.75, 3.05) is 7.11 Å². The number of carbonyl (C=O) groups excluding carboxylic acids is 3. The first-order chi connectivity index (χ1) is 8.58. The molecule has 1 fully saturated rings. The maximum absolute atomic E-state index is 11.3. The highest BCUT2D eigenvalue weighted by atomic mass is 16.5. The minimum absolute atomic E-state index is 0.0489. The second-order valence-electron chi connectivity index (χ2n) is 3.70. The van der Waals surface area contributed by atoms with Gasteiger partial charge >= 0.3 is 12.0 Å². The van der Waals surface area contributed by atoms with Gasteiger partial charge < -0.3 is 10.1 Å². The number of carbonyl (C=O) groups is 3. The van der Waals surface area contributed by atoms with Crippen molar-refractivity contribution < 1.29 is 19.1 Å². The number of esters is 1. The van der Waals surface area contributed by atoms with Gasteiger partial charge in [0.15, 0.2) is 0 Å². The zero-order valence-corrected chi connectivity index (χ0v) is 9.54. The Morgan fingerprint density at radius 3 is 2.94 bits per heavy atom. The van der Waals surface area contributed by atoms with Crippen molar-refractivity contribution in [1.82, 2.24) is 25.6 Å². The van der Waals surface area contributed by atoms with E-state index in [1.54, 1.807) is 0 Å². The SMILES string of the molecule is COC(=O)Cn1cc(CC2NC(=O)NC2=O)nn1. The third kappa shape index (κ3) is 2.62. The summed E-state index contributed by atoms with van der Waals surface area (Å²) < 4.78 is 5.78. The van der Waals surface area contributed by atoms with E-state index in [9.17, 15) is 14.4 Å². The number of rotatable bonds is 4. The number of amides is 3. The van der Waals surface area contributed by atoms with Crippen LogP contribution in [0.15, 0.2) is 6.20 Å². The zero-order valence-electron chi connectivity index (χ0n) is 9.54. The summed E-state index contributed by atoms with van der Waals surface area (Å²) in [5.41, 5.74) is 0.501. The molecule has 1 aliphatic rings. The maximum Gasteiger partial charge on any atom is 0.327 e. The van der Waals surface area contributed by atoms with Gasteiger partial charge in [-0.15, -0.1) is 5.10 Å². The molecule has 1 saturated heterocycles. The minimum atomic E-state index is -0.652. The van der Waals surface area contributed by atoms with E-state index in [1.807, 2.05) is 0 Å². The molecule has 1 atom stereocenters. The fraction of sp³-hybridized carbons (Fsp3) is 0.444. The van der Waals surface area contributed by atoms with E-state index in [0.29, 0.717) is 5.69 Å². The summed E-state index contributed by atoms with van der Waals surface area (Å²) in [5.74, 6) is -0.846. The number of imide groups is 1. The second-order valence-corrected chi connectivity index (χ2v) is 3.70. The fourth-order valence-corrected chi connectivity index (χ4v) is 1.52. The van der Waals surface area contributed by atoms with Gasteiger partial charge in [-0.1, -0.05) is 5.21 Å². The van der Waals surface area contributed by atoms with Gasteiger partial charge in [0.05, 0.1) is 12.8 Å². The molecular weight excluding hydrogens is 242 g/mol. The number of urea groups is 1. The Labute approximate surface area is 101 Å². The van der Waals surface area contributed by atoms with Crippen LogP contribution in [0.3, 0.4) is 0 Å². The van der Waals surface area contributed by atoms with E-state index in [-0.39, 0.29) is 13.0 Å². The van der Waals surface area contributed by atoms with Crippen molar-refractivity contribution in [3.05, 3.63) is 11.9 Å². The van der Waals surface area contributed by atoms with Gasteiger partial charge in [0.25, 0.3) is 5.91 Å². The van der Waals surface area contributed by atoms with Crippen molar-refractivity contribution in [2.45, 2.75) is 19.0 Å². The molecule has 0 spiro atoms. The molecule has 2 heterocycles. The molecule has 0 saturated carbocycles. The van der Waals surface area contributed by atoms with Crippen LogP contribution in [0.4, 0.5) is 4.79 Å². The van der Waals surface area contributed by atoms with E-state index in [4.69, 9.17) is 0 Å². The average Bonchev–Trinajstić information content (AvgIpc) is 2.87. The standard InChI is InChI=1S/C9H11N5O4/c1-18-7(15)4-14-3-5(12-13-14)2-6-8(16)11-9(17)10-6/h3,6H,2,4H2,1H3,(H2,10,11,16,17). The highest BCUT2D eigenvalue weighted by Crippen LogP contribution is 2.03. The summed E-state index contributed by atoms with van der Waals surface area (Å²) in [4.78, 5) is 33.2. The van der Waals surface area contributed by atoms with E-state index in [2.05, 4.69) is 25.7 Å². The number of methoxy groups -OCH3 is 1. The van der Waals surface area contributed by atoms with Crippen LogP contribution >= 0.6 is 0 Å². The summed E-state index contributed by atoms with van der Waals surface area (Å²) >= 11 is 0. The molecule has 1 aliphatic heterocycles. The highest BCUT2D eigenvalue weighted by Gasteiger charge is 2.30. The summed E-state index contributed by atoms with van der Waals surface area (Å²) in [6.07, 6.45) is 1.74. The first-order valence-corrected chi connectivity index (χ1v) is 5.15. The Kier molecular flexibility index (Phi) is 3.22. The monoisotopic (exact) mass is 253 g/mol. The third-order valence-corrected chi connectivity index (χ3v) is 2.38. The highest BCUT2D eigenvalue weighted by molar-refractivity contribution is 6.04. The Balaban J connectivity index is 1.96. The van der Waals surface area contributed by atoms with Gasteiger partial charge in [-0.25, -0.2) is 9.48 Å². The van der Waals surface area contributed by atoms with E-state index in [1.165, 1.54) is 18.0 Å². The van der Waals surface area contributed by atoms with Crippen LogP contribution in [0.5, 0.6) is 0 Å². The van der Waals surface area contributed by atoms with Gasteiger partial charge in [-0.05, 0) is 0 Å². The van der Waals surface area contributed by atoms with Gasteiger partial charge in [0, 0.05) is 12.6 Å². The summed E-state index contributed by atoms with van der Waals surface area (Å²) in [5, 5.41) is 12.1. The average molecular weight is 253 g/mol. The minimum Gasteiger partial charge on any atom is -0.468 e. The lowest BCUT2D eigenvalue weighted by atomic mass is 10.2. The second kappa shape index (κ2) is 4.82. The number of nitrogens with one attached hydrogen (secondary N) is 2. The topological polar surface area (TPSA) is 115 Å². The third-order valence-electron chi connectivity index (χ3n) is 2.38. The first-order valence-electron chi connectivity index (χ1n) is 5.15. The van der Waals surface area contributed by atoms with Crippen LogP contribution < -0.4 is 10.6 Å². The molecule has 9 nitrogen and oxygen atoms in total. The quantitative estimate of drug-likeness (QED) is 0.483. The van der Waals surface area contributed by atoms with E-state index in [0.717, 1.165) is 0 Å². The molecule has 3 amide bonds. The van der Waals surface area contributed by atoms with Crippen LogP contribution in [0.1, 0.15) is 5.69 Å². The predicted octanol–water partition coefficient (Wildman–Crippen LogP) is -1.80. The van der Waals surface area contributed by atoms with Crippen LogP contribution in [-0.2, 0) is 27.3 Å². The smallest absolute Gasteiger partial charge is 0.327 e. The number of aromatic nitrogens is 3. The molecule has 1 unspecified atom stereocenters. The largest absolute Gasteiger partial charge is 0.468 e. The predicted molar refractivity (Wildman–Crippen MR) is 56.2 cm³/mol. The Morgan fingerprint density at radius 2 is 2.33 bits per heavy atom. The lowest BCUT2D eigenvalue weighted by Crippen LogP contribution is -2.31. The summed E-state index contributed by atoms with van der Waals surface area (Å²) in [7, 11) is 1.28. The summed E-state index contributed by atoms with van der Waals surface area (Å²) in [6, 6.07) is -1.17. The molecule has 1 aromatic rings. The molecule has 96 valence electrons. The van der Waals surface area contributed by atoms with Gasteiger partial charge in [-0.3, -0.25) is 14.9 Å². The van der Waals surface area contributed by atoms with Crippen molar-refractivity contribution >= 4 is 17.9 Å². The van der Waals surface area contributed by atoms with E-state index >= 15 is 0 Å². The molecule has 2 rings (SSSR count). The van der Waals surface area contributed by atoms with Gasteiger partial charge in [0.2, 0.25) is 0 Å². The first kappa shape index (κ1) is 12.0. The van der Waals surface area contributed by atoms with Gasteiger partial charge in [0.1, 0.15) is 12.6 Å². The van der Waals surface area contributed by atoms with Crippen LogP contribution in [-0.4, -0.2) is 46.1 Å². The van der Waals surface area contributed by atoms with Crippen LogP contribution in [0.25, 0.3) is 0 Å². The normalized spacial score (nSPS) is 18.4. The van der Waals surface area contributed by atoms with Crippen LogP contribution in [0, 0.1) is 0 Å². The number of ether oxygens (including phenoxy) is 1. The molecule has 18 heavy (non-hydrogen) atoms. The summed E-state index contributed by atoms with van der Waals surface area (Å²) in [6.45, 7) is -0.0489. The molecule has 0 radical (unpaired) electrons. The Hall–Kier alpha value is -2.45. The molecule has 2 N–H and O–H groups in total. The van der Waals surface area contributed by atoms with Crippen molar-refractivity contribution in [2.24, 2.45) is 0 Å². The lowest BCUT2D eigenvalue weighted by Gasteiger charge is -2.02. The Morgan fingerprint density at radius 1 is 1.56 bits per heavy atom. The Bertz CT molecular complexity index is 497. The maximum atomic E-state index is 11.3. The molecule has 0 bridgehead atoms. The van der Waals surface area contributed by atoms with Crippen LogP contribution in [0.2, 0.25) is 0 Å². The zero-order chi connectivity index (χ0) is 13.1. The molecular formula is C9H11N5O4. The van der Waals surface area contributed by atoms with Crippen molar-refractivity contribution in [1.29, 1.82) is 0 Å². The van der Waals surface area contributed by atoms with Gasteiger partial charge in [-0.2, -0.15) is 0 Å². The number of hydrogen-bond donors (Lipinski definition) is 2. The van der Waals surface area contributed by atoms with Crippen molar-refractivity contribution in [3.8, 4) is 0 Å². The van der Waals surface area contributed by atoms with E-state index < -0.39 is 23.9 Å². The number of nitrogens with zero attached hydrogens (tertiary/aromatic N) is 3. The molecule has 0 aliphatic carbocycles. The molecule has 9 heteroatoms. The number of hydrogen-bond acceptors (Lipinski definition) is 6. The molecule has 0 aromatic carbocycles. The lowest BCUT2D eigenvalue weighted by molar-refractivity contribution is -0.141. The fourth-order valence-electron chi connectivity index (χ4n) is 1.52. The molecule has 1 aromatic heterocycles.